The molecule has 0 saturated heterocycles. The molecule has 0 bridgehead atoms. The van der Waals surface area contributed by atoms with Crippen molar-refractivity contribution in [1.29, 1.82) is 0 Å². The number of hydrogen-bond donors (Lipinski definition) is 1. The summed E-state index contributed by atoms with van der Waals surface area (Å²) in [5.74, 6) is -0.203. The van der Waals surface area contributed by atoms with Gasteiger partial charge in [0, 0.05) is 5.69 Å². The summed E-state index contributed by atoms with van der Waals surface area (Å²) in [6.45, 7) is 0.552. The fourth-order valence-electron chi connectivity index (χ4n) is 3.00. The number of amides is 1. The van der Waals surface area contributed by atoms with Crippen molar-refractivity contribution in [2.24, 2.45) is 0 Å². The van der Waals surface area contributed by atoms with Gasteiger partial charge in [0.05, 0.1) is 31.0 Å². The Bertz CT molecular complexity index is 1020. The van der Waals surface area contributed by atoms with Gasteiger partial charge in [0.2, 0.25) is 0 Å². The van der Waals surface area contributed by atoms with Gasteiger partial charge in [-0.2, -0.15) is 0 Å². The molecule has 1 N–H and O–H groups in total. The van der Waals surface area contributed by atoms with Crippen LogP contribution in [0, 0.1) is 5.82 Å². The quantitative estimate of drug-likeness (QED) is 0.721. The van der Waals surface area contributed by atoms with Gasteiger partial charge < -0.3 is 14.8 Å². The number of methoxy groups -OCH3 is 1. The van der Waals surface area contributed by atoms with Crippen molar-refractivity contribution < 1.29 is 18.7 Å². The van der Waals surface area contributed by atoms with Gasteiger partial charge in [-0.3, -0.25) is 4.79 Å². The number of carbonyl (C=O) groups excluding carboxylic acids is 1. The first-order chi connectivity index (χ1) is 13.5. The summed E-state index contributed by atoms with van der Waals surface area (Å²) in [6.07, 6.45) is -0.286. The molecule has 144 valence electrons. The van der Waals surface area contributed by atoms with Gasteiger partial charge in [0.25, 0.3) is 5.91 Å². The molecule has 4 rings (SSSR count). The number of nitrogens with one attached hydrogen (secondary N) is 1. The molecule has 2 heterocycles. The van der Waals surface area contributed by atoms with Gasteiger partial charge in [-0.05, 0) is 35.9 Å². The minimum absolute atomic E-state index is 0.168. The van der Waals surface area contributed by atoms with Crippen LogP contribution >= 0.6 is 11.6 Å². The fourth-order valence-corrected chi connectivity index (χ4v) is 3.26. The van der Waals surface area contributed by atoms with Crippen molar-refractivity contribution in [3.05, 3.63) is 70.3 Å². The second-order valence-corrected chi connectivity index (χ2v) is 6.63. The summed E-state index contributed by atoms with van der Waals surface area (Å²) in [5, 5.41) is 11.2. The SMILES string of the molecule is COc1ccc(NC(=O)c2nnn3c2CO[C@H](c2ccc(F)cc2)C3)cc1Cl. The Labute approximate surface area is 165 Å². The van der Waals surface area contributed by atoms with Crippen LogP contribution in [0.3, 0.4) is 0 Å². The van der Waals surface area contributed by atoms with E-state index in [1.807, 2.05) is 0 Å². The van der Waals surface area contributed by atoms with Crippen LogP contribution in [-0.4, -0.2) is 28.0 Å². The molecule has 0 spiro atoms. The van der Waals surface area contributed by atoms with Crippen LogP contribution in [0.4, 0.5) is 10.1 Å². The normalized spacial score (nSPS) is 15.8. The van der Waals surface area contributed by atoms with Crippen molar-refractivity contribution >= 4 is 23.2 Å². The number of hydrogen-bond acceptors (Lipinski definition) is 5. The molecule has 28 heavy (non-hydrogen) atoms. The van der Waals surface area contributed by atoms with Crippen LogP contribution in [0.1, 0.15) is 27.8 Å². The van der Waals surface area contributed by atoms with E-state index in [-0.39, 0.29) is 24.2 Å². The molecule has 0 unspecified atom stereocenters. The molecular formula is C19H16ClFN4O3. The van der Waals surface area contributed by atoms with E-state index in [2.05, 4.69) is 15.6 Å². The van der Waals surface area contributed by atoms with Crippen LogP contribution in [0.2, 0.25) is 5.02 Å². The molecule has 9 heteroatoms. The predicted octanol–water partition coefficient (Wildman–Crippen LogP) is 3.60. The molecule has 1 aliphatic rings. The van der Waals surface area contributed by atoms with Gasteiger partial charge in [0.15, 0.2) is 5.69 Å². The number of ether oxygens (including phenoxy) is 2. The Hall–Kier alpha value is -2.97. The largest absolute Gasteiger partial charge is 0.495 e. The number of benzene rings is 2. The molecule has 0 radical (unpaired) electrons. The number of nitrogens with zero attached hydrogens (tertiary/aromatic N) is 3. The number of halogens is 2. The molecule has 1 aliphatic heterocycles. The Morgan fingerprint density at radius 2 is 2.11 bits per heavy atom. The minimum Gasteiger partial charge on any atom is -0.495 e. The Morgan fingerprint density at radius 3 is 2.82 bits per heavy atom. The topological polar surface area (TPSA) is 78.3 Å². The molecule has 1 atom stereocenters. The molecule has 1 aromatic heterocycles. The smallest absolute Gasteiger partial charge is 0.278 e. The van der Waals surface area contributed by atoms with E-state index in [4.69, 9.17) is 21.1 Å². The third kappa shape index (κ3) is 3.56. The van der Waals surface area contributed by atoms with Crippen LogP contribution in [0.5, 0.6) is 5.75 Å². The lowest BCUT2D eigenvalue weighted by Crippen LogP contribution is -2.24. The van der Waals surface area contributed by atoms with E-state index in [0.29, 0.717) is 28.7 Å². The summed E-state index contributed by atoms with van der Waals surface area (Å²) >= 11 is 6.09. The van der Waals surface area contributed by atoms with Crippen molar-refractivity contribution in [1.82, 2.24) is 15.0 Å². The third-order valence-electron chi connectivity index (χ3n) is 4.46. The Balaban J connectivity index is 1.50. The van der Waals surface area contributed by atoms with Crippen LogP contribution in [0.25, 0.3) is 0 Å². The molecule has 7 nitrogen and oxygen atoms in total. The van der Waals surface area contributed by atoms with E-state index in [0.717, 1.165) is 5.56 Å². The van der Waals surface area contributed by atoms with E-state index >= 15 is 0 Å². The van der Waals surface area contributed by atoms with Gasteiger partial charge in [0.1, 0.15) is 17.7 Å². The Kier molecular flexibility index (Phi) is 4.97. The maximum absolute atomic E-state index is 13.1. The molecule has 2 aromatic carbocycles. The maximum atomic E-state index is 13.1. The number of carbonyl (C=O) groups is 1. The third-order valence-corrected chi connectivity index (χ3v) is 4.76. The molecule has 1 amide bonds. The summed E-state index contributed by atoms with van der Waals surface area (Å²) in [4.78, 5) is 12.6. The predicted molar refractivity (Wildman–Crippen MR) is 99.9 cm³/mol. The van der Waals surface area contributed by atoms with Crippen molar-refractivity contribution in [3.63, 3.8) is 0 Å². The van der Waals surface area contributed by atoms with Gasteiger partial charge >= 0.3 is 0 Å². The summed E-state index contributed by atoms with van der Waals surface area (Å²) in [6, 6.07) is 11.0. The van der Waals surface area contributed by atoms with Crippen LogP contribution in [0.15, 0.2) is 42.5 Å². The number of aromatic nitrogens is 3. The van der Waals surface area contributed by atoms with Gasteiger partial charge in [-0.1, -0.05) is 28.9 Å². The van der Waals surface area contributed by atoms with E-state index in [1.165, 1.54) is 19.2 Å². The first-order valence-electron chi connectivity index (χ1n) is 8.49. The second-order valence-electron chi connectivity index (χ2n) is 6.22. The van der Waals surface area contributed by atoms with E-state index in [1.54, 1.807) is 35.0 Å². The zero-order chi connectivity index (χ0) is 19.7. The van der Waals surface area contributed by atoms with Crippen LogP contribution < -0.4 is 10.1 Å². The average molecular weight is 403 g/mol. The highest BCUT2D eigenvalue weighted by Crippen LogP contribution is 2.29. The lowest BCUT2D eigenvalue weighted by Gasteiger charge is -2.24. The average Bonchev–Trinajstić information content (AvgIpc) is 3.12. The molecular weight excluding hydrogens is 387 g/mol. The van der Waals surface area contributed by atoms with Gasteiger partial charge in [-0.15, -0.1) is 5.10 Å². The second kappa shape index (κ2) is 7.57. The number of rotatable bonds is 4. The van der Waals surface area contributed by atoms with E-state index in [9.17, 15) is 9.18 Å². The van der Waals surface area contributed by atoms with Crippen molar-refractivity contribution in [2.45, 2.75) is 19.3 Å². The lowest BCUT2D eigenvalue weighted by atomic mass is 10.1. The van der Waals surface area contributed by atoms with Crippen molar-refractivity contribution in [2.75, 3.05) is 12.4 Å². The molecule has 0 saturated carbocycles. The van der Waals surface area contributed by atoms with Crippen LogP contribution in [-0.2, 0) is 17.9 Å². The molecule has 3 aromatic rings. The lowest BCUT2D eigenvalue weighted by molar-refractivity contribution is -0.00174. The zero-order valence-electron chi connectivity index (χ0n) is 14.9. The standard InChI is InChI=1S/C19H16ClFN4O3/c1-27-16-7-6-13(8-14(16)20)22-19(26)18-15-10-28-17(9-25(15)24-23-18)11-2-4-12(21)5-3-11/h2-8,17H,9-10H2,1H3,(H,22,26)/t17-/m0/s1. The summed E-state index contributed by atoms with van der Waals surface area (Å²) in [7, 11) is 1.52. The highest BCUT2D eigenvalue weighted by molar-refractivity contribution is 6.32. The Morgan fingerprint density at radius 1 is 1.32 bits per heavy atom. The summed E-state index contributed by atoms with van der Waals surface area (Å²) < 4.78 is 25.7. The first-order valence-corrected chi connectivity index (χ1v) is 8.87. The number of anilines is 1. The molecule has 0 aliphatic carbocycles. The first kappa shape index (κ1) is 18.4. The maximum Gasteiger partial charge on any atom is 0.278 e. The summed E-state index contributed by atoms with van der Waals surface area (Å²) in [5.41, 5.74) is 2.11. The highest BCUT2D eigenvalue weighted by atomic mass is 35.5. The highest BCUT2D eigenvalue weighted by Gasteiger charge is 2.27. The molecule has 0 fully saturated rings. The monoisotopic (exact) mass is 402 g/mol. The zero-order valence-corrected chi connectivity index (χ0v) is 15.6. The van der Waals surface area contributed by atoms with Crippen molar-refractivity contribution in [3.8, 4) is 5.75 Å². The van der Waals surface area contributed by atoms with E-state index < -0.39 is 5.91 Å². The van der Waals surface area contributed by atoms with Gasteiger partial charge in [-0.25, -0.2) is 9.07 Å². The minimum atomic E-state index is -0.411. The number of fused-ring (bicyclic) bond motifs is 1. The fraction of sp³-hybridized carbons (Fsp3) is 0.211.